The van der Waals surface area contributed by atoms with Gasteiger partial charge in [0.25, 0.3) is 0 Å². The molecule has 4 rings (SSSR count). The van der Waals surface area contributed by atoms with E-state index in [1.807, 2.05) is 37.4 Å². The Balaban J connectivity index is 1.32. The van der Waals surface area contributed by atoms with Gasteiger partial charge in [-0.25, -0.2) is 0 Å². The maximum Gasteiger partial charge on any atom is 0.193 e. The summed E-state index contributed by atoms with van der Waals surface area (Å²) in [4.78, 5) is 9.45. The van der Waals surface area contributed by atoms with Gasteiger partial charge >= 0.3 is 0 Å². The molecule has 2 aromatic carbocycles. The Kier molecular flexibility index (Phi) is 7.80. The van der Waals surface area contributed by atoms with E-state index in [1.54, 1.807) is 0 Å². The van der Waals surface area contributed by atoms with E-state index >= 15 is 0 Å². The Morgan fingerprint density at radius 2 is 1.65 bits per heavy atom. The Bertz CT molecular complexity index is 801. The lowest BCUT2D eigenvalue weighted by molar-refractivity contribution is 0.0168. The van der Waals surface area contributed by atoms with Gasteiger partial charge in [-0.05, 0) is 17.7 Å². The van der Waals surface area contributed by atoms with Crippen LogP contribution in [0.2, 0.25) is 0 Å². The summed E-state index contributed by atoms with van der Waals surface area (Å²) in [6, 6.07) is 21.2. The van der Waals surface area contributed by atoms with Crippen LogP contribution in [0.4, 0.5) is 0 Å². The highest BCUT2D eigenvalue weighted by Gasteiger charge is 2.26. The number of ether oxygens (including phenoxy) is 2. The van der Waals surface area contributed by atoms with Gasteiger partial charge in [-0.3, -0.25) is 9.89 Å². The molecule has 31 heavy (non-hydrogen) atoms. The minimum absolute atomic E-state index is 0.266. The average molecular weight is 423 g/mol. The van der Waals surface area contributed by atoms with Gasteiger partial charge in [0.2, 0.25) is 0 Å². The molecule has 0 spiro atoms. The van der Waals surface area contributed by atoms with Crippen molar-refractivity contribution < 1.29 is 9.47 Å². The first-order valence-electron chi connectivity index (χ1n) is 11.4. The van der Waals surface area contributed by atoms with Crippen LogP contribution in [0.3, 0.4) is 0 Å². The zero-order valence-corrected chi connectivity index (χ0v) is 18.5. The van der Waals surface area contributed by atoms with Crippen LogP contribution in [0.5, 0.6) is 5.75 Å². The second-order valence-corrected chi connectivity index (χ2v) is 8.12. The minimum atomic E-state index is 0.266. The summed E-state index contributed by atoms with van der Waals surface area (Å²) < 4.78 is 11.7. The molecule has 1 atom stereocenters. The van der Waals surface area contributed by atoms with Crippen LogP contribution in [0.25, 0.3) is 0 Å². The second-order valence-electron chi connectivity index (χ2n) is 8.12. The number of morpholine rings is 1. The third-order valence-electron chi connectivity index (χ3n) is 6.12. The first-order valence-corrected chi connectivity index (χ1v) is 11.4. The zero-order valence-electron chi connectivity index (χ0n) is 18.5. The van der Waals surface area contributed by atoms with E-state index in [9.17, 15) is 0 Å². The van der Waals surface area contributed by atoms with E-state index in [0.29, 0.717) is 6.04 Å². The molecular formula is C25H34N4O2. The minimum Gasteiger partial charge on any atom is -0.490 e. The highest BCUT2D eigenvalue weighted by molar-refractivity contribution is 5.80. The highest BCUT2D eigenvalue weighted by Crippen LogP contribution is 2.22. The molecule has 0 amide bonds. The average Bonchev–Trinajstić information content (AvgIpc) is 2.84. The number of rotatable bonds is 6. The number of benzene rings is 2. The summed E-state index contributed by atoms with van der Waals surface area (Å²) in [5.41, 5.74) is 1.34. The third-order valence-corrected chi connectivity index (χ3v) is 6.12. The quantitative estimate of drug-likeness (QED) is 0.572. The van der Waals surface area contributed by atoms with Gasteiger partial charge < -0.3 is 19.7 Å². The van der Waals surface area contributed by atoms with Crippen molar-refractivity contribution in [2.75, 3.05) is 53.0 Å². The molecule has 0 aliphatic carbocycles. The van der Waals surface area contributed by atoms with Gasteiger partial charge in [0.05, 0.1) is 19.3 Å². The van der Waals surface area contributed by atoms with Gasteiger partial charge in [0, 0.05) is 52.6 Å². The SMILES string of the molecule is CN=C(NCC(c1ccccc1)N1CCOCC1)N1CCC(Oc2ccccc2)CC1. The summed E-state index contributed by atoms with van der Waals surface area (Å²) >= 11 is 0. The van der Waals surface area contributed by atoms with Gasteiger partial charge in [-0.2, -0.15) is 0 Å². The smallest absolute Gasteiger partial charge is 0.193 e. The van der Waals surface area contributed by atoms with Crippen molar-refractivity contribution in [3.8, 4) is 5.75 Å². The number of aliphatic imine (C=N–C) groups is 1. The Morgan fingerprint density at radius 3 is 2.29 bits per heavy atom. The second kappa shape index (κ2) is 11.2. The van der Waals surface area contributed by atoms with Gasteiger partial charge in [-0.1, -0.05) is 48.5 Å². The van der Waals surface area contributed by atoms with Crippen molar-refractivity contribution in [1.82, 2.24) is 15.1 Å². The maximum absolute atomic E-state index is 6.15. The van der Waals surface area contributed by atoms with Crippen LogP contribution in [0, 0.1) is 0 Å². The monoisotopic (exact) mass is 422 g/mol. The molecule has 166 valence electrons. The van der Waals surface area contributed by atoms with Crippen molar-refractivity contribution in [3.05, 3.63) is 66.2 Å². The molecule has 1 unspecified atom stereocenters. The van der Waals surface area contributed by atoms with Crippen molar-refractivity contribution in [3.63, 3.8) is 0 Å². The molecule has 0 bridgehead atoms. The maximum atomic E-state index is 6.15. The van der Waals surface area contributed by atoms with Crippen LogP contribution in [-0.4, -0.2) is 74.8 Å². The molecule has 2 aliphatic heterocycles. The van der Waals surface area contributed by atoms with Gasteiger partial charge in [-0.15, -0.1) is 0 Å². The summed E-state index contributed by atoms with van der Waals surface area (Å²) in [5, 5.41) is 3.65. The van der Waals surface area contributed by atoms with Crippen LogP contribution in [0.15, 0.2) is 65.7 Å². The summed E-state index contributed by atoms with van der Waals surface area (Å²) in [7, 11) is 1.88. The Morgan fingerprint density at radius 1 is 1.00 bits per heavy atom. The highest BCUT2D eigenvalue weighted by atomic mass is 16.5. The largest absolute Gasteiger partial charge is 0.490 e. The first kappa shape index (κ1) is 21.7. The molecule has 2 fully saturated rings. The molecule has 0 radical (unpaired) electrons. The van der Waals surface area contributed by atoms with E-state index in [1.165, 1.54) is 5.56 Å². The number of hydrogen-bond donors (Lipinski definition) is 1. The molecule has 0 aromatic heterocycles. The molecule has 2 aliphatic rings. The fourth-order valence-electron chi connectivity index (χ4n) is 4.42. The molecular weight excluding hydrogens is 388 g/mol. The lowest BCUT2D eigenvalue weighted by Gasteiger charge is -2.37. The molecule has 2 heterocycles. The van der Waals surface area contributed by atoms with Gasteiger partial charge in [0.15, 0.2) is 5.96 Å². The molecule has 2 aromatic rings. The lowest BCUT2D eigenvalue weighted by Crippen LogP contribution is -2.50. The number of hydrogen-bond acceptors (Lipinski definition) is 4. The summed E-state index contributed by atoms with van der Waals surface area (Å²) in [6.45, 7) is 6.25. The van der Waals surface area contributed by atoms with E-state index in [-0.39, 0.29) is 6.10 Å². The Hall–Kier alpha value is -2.57. The molecule has 0 saturated carbocycles. The predicted molar refractivity (Wildman–Crippen MR) is 125 cm³/mol. The number of guanidine groups is 1. The van der Waals surface area contributed by atoms with Crippen LogP contribution in [0.1, 0.15) is 24.4 Å². The van der Waals surface area contributed by atoms with Crippen LogP contribution in [-0.2, 0) is 4.74 Å². The molecule has 1 N–H and O–H groups in total. The fraction of sp³-hybridized carbons (Fsp3) is 0.480. The number of piperidine rings is 1. The fourth-order valence-corrected chi connectivity index (χ4v) is 4.42. The lowest BCUT2D eigenvalue weighted by atomic mass is 10.0. The van der Waals surface area contributed by atoms with Crippen molar-refractivity contribution in [2.24, 2.45) is 4.99 Å². The number of nitrogens with one attached hydrogen (secondary N) is 1. The number of likely N-dealkylation sites (tertiary alicyclic amines) is 1. The zero-order chi connectivity index (χ0) is 21.3. The van der Waals surface area contributed by atoms with Crippen molar-refractivity contribution in [1.29, 1.82) is 0 Å². The molecule has 6 nitrogen and oxygen atoms in total. The molecule has 2 saturated heterocycles. The summed E-state index contributed by atoms with van der Waals surface area (Å²) in [6.07, 6.45) is 2.27. The van der Waals surface area contributed by atoms with Gasteiger partial charge in [0.1, 0.15) is 11.9 Å². The van der Waals surface area contributed by atoms with Crippen molar-refractivity contribution >= 4 is 5.96 Å². The van der Waals surface area contributed by atoms with Crippen LogP contribution < -0.4 is 10.1 Å². The normalized spacial score (nSPS) is 19.8. The van der Waals surface area contributed by atoms with Crippen LogP contribution >= 0.6 is 0 Å². The van der Waals surface area contributed by atoms with E-state index in [0.717, 1.165) is 70.5 Å². The standard InChI is InChI=1S/C25H34N4O2/c1-26-25(29-14-12-23(13-15-29)31-22-10-6-3-7-11-22)27-20-24(21-8-4-2-5-9-21)28-16-18-30-19-17-28/h2-11,23-24H,12-20H2,1H3,(H,26,27). The molecule has 6 heteroatoms. The van der Waals surface area contributed by atoms with E-state index in [4.69, 9.17) is 9.47 Å². The number of para-hydroxylation sites is 1. The van der Waals surface area contributed by atoms with Crippen molar-refractivity contribution in [2.45, 2.75) is 25.0 Å². The number of nitrogens with zero attached hydrogens (tertiary/aromatic N) is 3. The predicted octanol–water partition coefficient (Wildman–Crippen LogP) is 3.18. The summed E-state index contributed by atoms with van der Waals surface area (Å²) in [5.74, 6) is 1.94. The third kappa shape index (κ3) is 5.99. The van der Waals surface area contributed by atoms with E-state index in [2.05, 4.69) is 50.4 Å². The van der Waals surface area contributed by atoms with E-state index < -0.39 is 0 Å². The topological polar surface area (TPSA) is 49.3 Å². The Labute approximate surface area is 185 Å². The first-order chi connectivity index (χ1) is 15.3.